The van der Waals surface area contributed by atoms with Crippen LogP contribution in [0.25, 0.3) is 22.4 Å². The monoisotopic (exact) mass is 271 g/mol. The number of oxazole rings is 1. The lowest BCUT2D eigenvalue weighted by molar-refractivity contribution is 0.546. The van der Waals surface area contributed by atoms with Crippen LogP contribution in [0.15, 0.2) is 34.9 Å². The predicted octanol–water partition coefficient (Wildman–Crippen LogP) is 3.52. The highest BCUT2D eigenvalue weighted by Gasteiger charge is 2.03. The molecule has 2 aromatic heterocycles. The van der Waals surface area contributed by atoms with Crippen molar-refractivity contribution in [2.45, 2.75) is 0 Å². The van der Waals surface area contributed by atoms with E-state index in [4.69, 9.17) is 4.42 Å². The maximum atomic E-state index is 5.55. The summed E-state index contributed by atoms with van der Waals surface area (Å²) in [6.45, 7) is 0. The lowest BCUT2D eigenvalue weighted by Crippen LogP contribution is -2.06. The topological polar surface area (TPSA) is 42.2 Å². The number of benzene rings is 1. The van der Waals surface area contributed by atoms with Gasteiger partial charge in [-0.1, -0.05) is 12.1 Å². The Balaban J connectivity index is 1.84. The van der Waals surface area contributed by atoms with Crippen molar-refractivity contribution in [3.05, 3.63) is 41.4 Å². The van der Waals surface area contributed by atoms with Crippen LogP contribution in [-0.2, 0) is 0 Å². The fraction of sp³-hybridized carbons (Fsp3) is 0.143. The average molecular weight is 271 g/mol. The van der Waals surface area contributed by atoms with Crippen LogP contribution in [0.1, 0.15) is 10.9 Å². The molecule has 0 atom stereocenters. The van der Waals surface area contributed by atoms with Gasteiger partial charge in [-0.2, -0.15) is 0 Å². The fourth-order valence-corrected chi connectivity index (χ4v) is 2.54. The van der Waals surface area contributed by atoms with Gasteiger partial charge in [0.15, 0.2) is 0 Å². The van der Waals surface area contributed by atoms with E-state index in [-0.39, 0.29) is 0 Å². The first-order valence-corrected chi connectivity index (χ1v) is 6.71. The SMILES string of the molecule is CN(C)c1cnc(C=Cc2nc3ccccc3s2)o1. The van der Waals surface area contributed by atoms with E-state index in [2.05, 4.69) is 16.0 Å². The first kappa shape index (κ1) is 11.9. The molecule has 0 radical (unpaired) electrons. The molecule has 0 fully saturated rings. The molecule has 2 heterocycles. The highest BCUT2D eigenvalue weighted by Crippen LogP contribution is 2.23. The van der Waals surface area contributed by atoms with Crippen molar-refractivity contribution in [2.75, 3.05) is 19.0 Å². The standard InChI is InChI=1S/C14H13N3OS/c1-17(2)14-9-15-12(18-14)7-8-13-16-10-5-3-4-6-11(10)19-13/h3-9H,1-2H3. The van der Waals surface area contributed by atoms with Crippen molar-refractivity contribution >= 4 is 39.6 Å². The summed E-state index contributed by atoms with van der Waals surface area (Å²) in [5.41, 5.74) is 1.02. The van der Waals surface area contributed by atoms with Crippen LogP contribution in [0.2, 0.25) is 0 Å². The van der Waals surface area contributed by atoms with Crippen molar-refractivity contribution in [3.63, 3.8) is 0 Å². The Kier molecular flexibility index (Phi) is 3.05. The van der Waals surface area contributed by atoms with Gasteiger partial charge in [-0.15, -0.1) is 11.3 Å². The third-order valence-corrected chi connectivity index (χ3v) is 3.63. The number of aromatic nitrogens is 2. The second-order valence-electron chi connectivity index (χ2n) is 4.28. The molecule has 4 nitrogen and oxygen atoms in total. The van der Waals surface area contributed by atoms with Crippen molar-refractivity contribution in [2.24, 2.45) is 0 Å². The smallest absolute Gasteiger partial charge is 0.221 e. The zero-order chi connectivity index (χ0) is 13.2. The van der Waals surface area contributed by atoms with E-state index in [0.717, 1.165) is 16.4 Å². The van der Waals surface area contributed by atoms with Crippen LogP contribution in [0.3, 0.4) is 0 Å². The third-order valence-electron chi connectivity index (χ3n) is 2.63. The fourth-order valence-electron chi connectivity index (χ4n) is 1.67. The van der Waals surface area contributed by atoms with Crippen LogP contribution in [0.5, 0.6) is 0 Å². The van der Waals surface area contributed by atoms with Gasteiger partial charge in [0, 0.05) is 20.2 Å². The van der Waals surface area contributed by atoms with E-state index in [1.54, 1.807) is 17.5 Å². The van der Waals surface area contributed by atoms with Crippen molar-refractivity contribution < 1.29 is 4.42 Å². The number of hydrogen-bond acceptors (Lipinski definition) is 5. The zero-order valence-corrected chi connectivity index (χ0v) is 11.5. The molecule has 96 valence electrons. The lowest BCUT2D eigenvalue weighted by Gasteiger charge is -2.04. The summed E-state index contributed by atoms with van der Waals surface area (Å²) in [4.78, 5) is 10.6. The number of nitrogens with zero attached hydrogens (tertiary/aromatic N) is 3. The molecule has 3 aromatic rings. The summed E-state index contributed by atoms with van der Waals surface area (Å²) in [6.07, 6.45) is 5.47. The Morgan fingerprint density at radius 2 is 2.05 bits per heavy atom. The molecular weight excluding hydrogens is 258 g/mol. The Labute approximate surface area is 115 Å². The van der Waals surface area contributed by atoms with Gasteiger partial charge >= 0.3 is 0 Å². The number of fused-ring (bicyclic) bond motifs is 1. The molecular formula is C14H13N3OS. The number of thiazole rings is 1. The van der Waals surface area contributed by atoms with E-state index < -0.39 is 0 Å². The number of hydrogen-bond donors (Lipinski definition) is 0. The van der Waals surface area contributed by atoms with Crippen LogP contribution < -0.4 is 4.90 Å². The summed E-state index contributed by atoms with van der Waals surface area (Å²) in [5, 5.41) is 0.950. The average Bonchev–Trinajstić information content (AvgIpc) is 3.02. The largest absolute Gasteiger partial charge is 0.421 e. The second-order valence-corrected chi connectivity index (χ2v) is 5.35. The van der Waals surface area contributed by atoms with Gasteiger partial charge in [0.25, 0.3) is 0 Å². The molecule has 3 rings (SSSR count). The highest BCUT2D eigenvalue weighted by molar-refractivity contribution is 7.19. The number of anilines is 1. The molecule has 0 bridgehead atoms. The molecule has 0 unspecified atom stereocenters. The summed E-state index contributed by atoms with van der Waals surface area (Å²) < 4.78 is 6.73. The molecule has 5 heteroatoms. The maximum absolute atomic E-state index is 5.55. The molecule has 0 aliphatic rings. The Morgan fingerprint density at radius 1 is 1.21 bits per heavy atom. The molecule has 0 N–H and O–H groups in total. The van der Waals surface area contributed by atoms with Gasteiger partial charge in [-0.05, 0) is 18.2 Å². The zero-order valence-electron chi connectivity index (χ0n) is 10.7. The first-order chi connectivity index (χ1) is 9.22. The predicted molar refractivity (Wildman–Crippen MR) is 79.4 cm³/mol. The minimum atomic E-state index is 0.586. The molecule has 0 spiro atoms. The van der Waals surface area contributed by atoms with Crippen LogP contribution in [0.4, 0.5) is 5.88 Å². The molecule has 0 saturated heterocycles. The first-order valence-electron chi connectivity index (χ1n) is 5.89. The van der Waals surface area contributed by atoms with Gasteiger partial charge in [-0.25, -0.2) is 9.97 Å². The lowest BCUT2D eigenvalue weighted by atomic mass is 10.3. The Morgan fingerprint density at radius 3 is 2.79 bits per heavy atom. The van der Waals surface area contributed by atoms with Gasteiger partial charge < -0.3 is 9.32 Å². The third kappa shape index (κ3) is 2.51. The molecule has 0 aliphatic heterocycles. The normalized spacial score (nSPS) is 11.5. The minimum absolute atomic E-state index is 0.586. The summed E-state index contributed by atoms with van der Waals surface area (Å²) in [5.74, 6) is 1.33. The highest BCUT2D eigenvalue weighted by atomic mass is 32.1. The molecule has 0 aliphatic carbocycles. The molecule has 19 heavy (non-hydrogen) atoms. The van der Waals surface area contributed by atoms with E-state index in [9.17, 15) is 0 Å². The molecule has 1 aromatic carbocycles. The van der Waals surface area contributed by atoms with Crippen LogP contribution >= 0.6 is 11.3 Å². The quantitative estimate of drug-likeness (QED) is 0.731. The summed E-state index contributed by atoms with van der Waals surface area (Å²) in [7, 11) is 3.84. The van der Waals surface area contributed by atoms with Crippen molar-refractivity contribution in [1.29, 1.82) is 0 Å². The van der Waals surface area contributed by atoms with Crippen LogP contribution in [-0.4, -0.2) is 24.1 Å². The van der Waals surface area contributed by atoms with Crippen molar-refractivity contribution in [3.8, 4) is 0 Å². The second kappa shape index (κ2) is 4.85. The van der Waals surface area contributed by atoms with E-state index in [1.165, 1.54) is 4.70 Å². The number of rotatable bonds is 3. The maximum Gasteiger partial charge on any atom is 0.221 e. The minimum Gasteiger partial charge on any atom is -0.421 e. The van der Waals surface area contributed by atoms with Crippen LogP contribution in [0, 0.1) is 0 Å². The van der Waals surface area contributed by atoms with Gasteiger partial charge in [0.05, 0.1) is 16.4 Å². The Hall–Kier alpha value is -2.14. The summed E-state index contributed by atoms with van der Waals surface area (Å²) >= 11 is 1.65. The molecule has 0 amide bonds. The van der Waals surface area contributed by atoms with Crippen molar-refractivity contribution in [1.82, 2.24) is 9.97 Å². The van der Waals surface area contributed by atoms with Gasteiger partial charge in [0.1, 0.15) is 5.01 Å². The van der Waals surface area contributed by atoms with Gasteiger partial charge in [-0.3, -0.25) is 0 Å². The Bertz CT molecular complexity index is 694. The van der Waals surface area contributed by atoms with E-state index in [0.29, 0.717) is 5.89 Å². The van der Waals surface area contributed by atoms with Gasteiger partial charge in [0.2, 0.25) is 11.8 Å². The number of para-hydroxylation sites is 1. The molecule has 0 saturated carbocycles. The summed E-state index contributed by atoms with van der Waals surface area (Å²) in [6, 6.07) is 8.09. The van der Waals surface area contributed by atoms with E-state index in [1.807, 2.05) is 49.3 Å². The van der Waals surface area contributed by atoms with E-state index >= 15 is 0 Å².